The minimum atomic E-state index is -0.111. The van der Waals surface area contributed by atoms with Crippen molar-refractivity contribution in [3.05, 3.63) is 58.1 Å². The lowest BCUT2D eigenvalue weighted by molar-refractivity contribution is -0.113. The molecular formula is C15H13Cl2NOS. The van der Waals surface area contributed by atoms with E-state index in [9.17, 15) is 4.79 Å². The molecule has 0 saturated carbocycles. The fourth-order valence-corrected chi connectivity index (χ4v) is 2.60. The van der Waals surface area contributed by atoms with Gasteiger partial charge in [0.15, 0.2) is 0 Å². The summed E-state index contributed by atoms with van der Waals surface area (Å²) in [6.07, 6.45) is 0. The molecule has 20 heavy (non-hydrogen) atoms. The highest BCUT2D eigenvalue weighted by Gasteiger charge is 2.07. The van der Waals surface area contributed by atoms with Gasteiger partial charge >= 0.3 is 0 Å². The second-order valence-corrected chi connectivity index (χ2v) is 6.17. The van der Waals surface area contributed by atoms with Gasteiger partial charge in [-0.2, -0.15) is 0 Å². The van der Waals surface area contributed by atoms with Gasteiger partial charge in [-0.1, -0.05) is 40.9 Å². The van der Waals surface area contributed by atoms with E-state index in [4.69, 9.17) is 23.2 Å². The molecule has 0 aliphatic rings. The van der Waals surface area contributed by atoms with Crippen molar-refractivity contribution in [2.24, 2.45) is 0 Å². The average molecular weight is 326 g/mol. The van der Waals surface area contributed by atoms with E-state index in [2.05, 4.69) is 5.32 Å². The average Bonchev–Trinajstić information content (AvgIpc) is 2.42. The van der Waals surface area contributed by atoms with Crippen LogP contribution in [-0.4, -0.2) is 11.7 Å². The molecule has 0 radical (unpaired) electrons. The number of halogens is 2. The molecule has 0 spiro atoms. The highest BCUT2D eigenvalue weighted by molar-refractivity contribution is 8.00. The van der Waals surface area contributed by atoms with Crippen LogP contribution < -0.4 is 5.32 Å². The summed E-state index contributed by atoms with van der Waals surface area (Å²) in [5.41, 5.74) is 1.73. The fraction of sp³-hybridized carbons (Fsp3) is 0.133. The summed E-state index contributed by atoms with van der Waals surface area (Å²) in [7, 11) is 0. The summed E-state index contributed by atoms with van der Waals surface area (Å²) in [4.78, 5) is 12.9. The molecule has 0 unspecified atom stereocenters. The van der Waals surface area contributed by atoms with Crippen LogP contribution >= 0.6 is 35.0 Å². The Morgan fingerprint density at radius 1 is 1.15 bits per heavy atom. The van der Waals surface area contributed by atoms with Crippen LogP contribution in [0.5, 0.6) is 0 Å². The zero-order chi connectivity index (χ0) is 14.5. The van der Waals surface area contributed by atoms with Crippen molar-refractivity contribution < 1.29 is 4.79 Å². The Kier molecular flexibility index (Phi) is 5.35. The number of hydrogen-bond acceptors (Lipinski definition) is 2. The van der Waals surface area contributed by atoms with Crippen molar-refractivity contribution in [3.8, 4) is 0 Å². The first kappa shape index (κ1) is 15.2. The number of nitrogens with one attached hydrogen (secondary N) is 1. The molecule has 0 aliphatic heterocycles. The van der Waals surface area contributed by atoms with Crippen molar-refractivity contribution >= 4 is 46.6 Å². The first-order valence-corrected chi connectivity index (χ1v) is 7.73. The van der Waals surface area contributed by atoms with Crippen LogP contribution in [-0.2, 0) is 4.79 Å². The second-order valence-electron chi connectivity index (χ2n) is 4.27. The fourth-order valence-electron chi connectivity index (χ4n) is 1.56. The number of rotatable bonds is 4. The number of carbonyl (C=O) groups excluding carboxylic acids is 1. The molecule has 104 valence electrons. The number of aryl methyl sites for hydroxylation is 1. The Hall–Kier alpha value is -1.16. The van der Waals surface area contributed by atoms with Crippen LogP contribution in [0, 0.1) is 6.92 Å². The molecule has 2 rings (SSSR count). The number of benzene rings is 2. The van der Waals surface area contributed by atoms with Gasteiger partial charge < -0.3 is 5.32 Å². The van der Waals surface area contributed by atoms with Gasteiger partial charge in [0.25, 0.3) is 0 Å². The number of hydrogen-bond donors (Lipinski definition) is 1. The Labute approximate surface area is 132 Å². The van der Waals surface area contributed by atoms with Crippen LogP contribution in [0.3, 0.4) is 0 Å². The van der Waals surface area contributed by atoms with Gasteiger partial charge in [0.05, 0.1) is 16.5 Å². The molecule has 1 N–H and O–H groups in total. The lowest BCUT2D eigenvalue weighted by atomic mass is 10.2. The zero-order valence-electron chi connectivity index (χ0n) is 10.8. The van der Waals surface area contributed by atoms with E-state index in [1.165, 1.54) is 17.3 Å². The van der Waals surface area contributed by atoms with Gasteiger partial charge in [0.1, 0.15) is 0 Å². The Balaban J connectivity index is 1.92. The maximum atomic E-state index is 11.9. The van der Waals surface area contributed by atoms with Gasteiger partial charge in [-0.3, -0.25) is 4.79 Å². The SMILES string of the molecule is Cc1ccc(SCC(=O)Nc2cc(Cl)ccc2Cl)cc1. The molecule has 0 atom stereocenters. The van der Waals surface area contributed by atoms with E-state index in [0.717, 1.165) is 4.90 Å². The van der Waals surface area contributed by atoms with Crippen LogP contribution in [0.4, 0.5) is 5.69 Å². The van der Waals surface area contributed by atoms with Crippen molar-refractivity contribution in [3.63, 3.8) is 0 Å². The molecule has 0 fully saturated rings. The predicted molar refractivity (Wildman–Crippen MR) is 87.0 cm³/mol. The molecule has 2 nitrogen and oxygen atoms in total. The first-order chi connectivity index (χ1) is 9.54. The number of amides is 1. The molecule has 0 heterocycles. The summed E-state index contributed by atoms with van der Waals surface area (Å²) in [6, 6.07) is 13.0. The summed E-state index contributed by atoms with van der Waals surface area (Å²) < 4.78 is 0. The summed E-state index contributed by atoms with van der Waals surface area (Å²) in [5, 5.41) is 3.77. The van der Waals surface area contributed by atoms with E-state index >= 15 is 0 Å². The maximum absolute atomic E-state index is 11.9. The molecule has 0 aromatic heterocycles. The Bertz CT molecular complexity index is 614. The van der Waals surface area contributed by atoms with Crippen LogP contribution in [0.1, 0.15) is 5.56 Å². The first-order valence-electron chi connectivity index (χ1n) is 5.99. The van der Waals surface area contributed by atoms with Gasteiger partial charge in [0, 0.05) is 9.92 Å². The quantitative estimate of drug-likeness (QED) is 0.798. The zero-order valence-corrected chi connectivity index (χ0v) is 13.1. The highest BCUT2D eigenvalue weighted by Crippen LogP contribution is 2.26. The normalized spacial score (nSPS) is 10.3. The van der Waals surface area contributed by atoms with Gasteiger partial charge in [-0.25, -0.2) is 0 Å². The van der Waals surface area contributed by atoms with Crippen molar-refractivity contribution in [1.29, 1.82) is 0 Å². The third-order valence-electron chi connectivity index (χ3n) is 2.59. The van der Waals surface area contributed by atoms with Gasteiger partial charge in [-0.15, -0.1) is 11.8 Å². The van der Waals surface area contributed by atoms with Crippen molar-refractivity contribution in [1.82, 2.24) is 0 Å². The van der Waals surface area contributed by atoms with Crippen LogP contribution in [0.15, 0.2) is 47.4 Å². The topological polar surface area (TPSA) is 29.1 Å². The molecule has 0 bridgehead atoms. The predicted octanol–water partition coefficient (Wildman–Crippen LogP) is 5.03. The molecule has 1 amide bonds. The molecule has 0 aliphatic carbocycles. The highest BCUT2D eigenvalue weighted by atomic mass is 35.5. The maximum Gasteiger partial charge on any atom is 0.234 e. The lowest BCUT2D eigenvalue weighted by Gasteiger charge is -2.07. The third-order valence-corrected chi connectivity index (χ3v) is 4.17. The van der Waals surface area contributed by atoms with Gasteiger partial charge in [0.2, 0.25) is 5.91 Å². The van der Waals surface area contributed by atoms with Crippen molar-refractivity contribution in [2.45, 2.75) is 11.8 Å². The summed E-state index contributed by atoms with van der Waals surface area (Å²) in [5.74, 6) is 0.214. The third kappa shape index (κ3) is 4.44. The largest absolute Gasteiger partial charge is 0.324 e. The molecular weight excluding hydrogens is 313 g/mol. The minimum absolute atomic E-state index is 0.111. The molecule has 0 saturated heterocycles. The standard InChI is InChI=1S/C15H13Cl2NOS/c1-10-2-5-12(6-3-10)20-9-15(19)18-14-8-11(16)4-7-13(14)17/h2-8H,9H2,1H3,(H,18,19). The number of thioether (sulfide) groups is 1. The van der Waals surface area contributed by atoms with E-state index < -0.39 is 0 Å². The summed E-state index contributed by atoms with van der Waals surface area (Å²) >= 11 is 13.3. The van der Waals surface area contributed by atoms with E-state index in [-0.39, 0.29) is 5.91 Å². The smallest absolute Gasteiger partial charge is 0.234 e. The molecule has 2 aromatic carbocycles. The van der Waals surface area contributed by atoms with Gasteiger partial charge in [-0.05, 0) is 37.3 Å². The van der Waals surface area contributed by atoms with E-state index in [1.807, 2.05) is 31.2 Å². The Morgan fingerprint density at radius 3 is 2.55 bits per heavy atom. The van der Waals surface area contributed by atoms with E-state index in [1.54, 1.807) is 18.2 Å². The van der Waals surface area contributed by atoms with Crippen molar-refractivity contribution in [2.75, 3.05) is 11.1 Å². The summed E-state index contributed by atoms with van der Waals surface area (Å²) in [6.45, 7) is 2.03. The molecule has 5 heteroatoms. The minimum Gasteiger partial charge on any atom is -0.324 e. The number of carbonyl (C=O) groups is 1. The molecule has 2 aromatic rings. The monoisotopic (exact) mass is 325 g/mol. The second kappa shape index (κ2) is 7.02. The lowest BCUT2D eigenvalue weighted by Crippen LogP contribution is -2.14. The Morgan fingerprint density at radius 2 is 1.85 bits per heavy atom. The van der Waals surface area contributed by atoms with Crippen LogP contribution in [0.2, 0.25) is 10.0 Å². The number of anilines is 1. The van der Waals surface area contributed by atoms with E-state index in [0.29, 0.717) is 21.5 Å². The van der Waals surface area contributed by atoms with Crippen LogP contribution in [0.25, 0.3) is 0 Å².